The number of nitrogens with zero attached hydrogens (tertiary/aromatic N) is 3. The molecule has 1 aromatic heterocycles. The van der Waals surface area contributed by atoms with Crippen LogP contribution in [0.2, 0.25) is 20.1 Å². The van der Waals surface area contributed by atoms with E-state index in [1.54, 1.807) is 24.3 Å². The van der Waals surface area contributed by atoms with Gasteiger partial charge in [0.1, 0.15) is 25.0 Å². The Morgan fingerprint density at radius 2 is 1.64 bits per heavy atom. The molecule has 0 aliphatic heterocycles. The zero-order valence-electron chi connectivity index (χ0n) is 22.0. The Balaban J connectivity index is 1.52. The molecule has 1 unspecified atom stereocenters. The van der Waals surface area contributed by atoms with E-state index in [4.69, 9.17) is 51.1 Å². The third-order valence-corrected chi connectivity index (χ3v) is 7.68. The third kappa shape index (κ3) is 7.36. The Bertz CT molecular complexity index is 1450. The first-order valence-electron chi connectivity index (χ1n) is 12.6. The van der Waals surface area contributed by atoms with Crippen LogP contribution in [0.3, 0.4) is 0 Å². The monoisotopic (exact) mass is 604 g/mol. The fraction of sp³-hybridized carbons (Fsp3) is 0.267. The number of hydrogen-bond donors (Lipinski definition) is 0. The van der Waals surface area contributed by atoms with Crippen LogP contribution in [0, 0.1) is 13.8 Å². The molecular formula is C30H30Cl4N3O2+. The number of anilines is 1. The van der Waals surface area contributed by atoms with Crippen molar-refractivity contribution in [3.8, 4) is 0 Å². The normalized spacial score (nSPS) is 12.0. The molecular weight excluding hydrogens is 576 g/mol. The molecule has 0 spiro atoms. The van der Waals surface area contributed by atoms with Crippen molar-refractivity contribution in [3.63, 3.8) is 0 Å². The maximum Gasteiger partial charge on any atom is 0.269 e. The summed E-state index contributed by atoms with van der Waals surface area (Å²) in [4.78, 5) is 15.2. The predicted molar refractivity (Wildman–Crippen MR) is 159 cm³/mol. The first-order chi connectivity index (χ1) is 18.7. The molecule has 5 nitrogen and oxygen atoms in total. The molecule has 4 aromatic rings. The summed E-state index contributed by atoms with van der Waals surface area (Å²) >= 11 is 25.1. The lowest BCUT2D eigenvalue weighted by Gasteiger charge is -2.24. The van der Waals surface area contributed by atoms with Crippen molar-refractivity contribution >= 4 is 58.0 Å². The van der Waals surface area contributed by atoms with Gasteiger partial charge in [-0.2, -0.15) is 0 Å². The Labute approximate surface area is 249 Å². The van der Waals surface area contributed by atoms with Gasteiger partial charge in [-0.05, 0) is 61.7 Å². The summed E-state index contributed by atoms with van der Waals surface area (Å²) in [5.74, 6) is 0.0172. The van der Waals surface area contributed by atoms with Gasteiger partial charge in [-0.3, -0.25) is 4.79 Å². The number of carbonyl (C=O) groups is 1. The minimum Gasteiger partial charge on any atom is -0.365 e. The predicted octanol–water partition coefficient (Wildman–Crippen LogP) is 8.02. The van der Waals surface area contributed by atoms with Crippen molar-refractivity contribution in [1.29, 1.82) is 0 Å². The van der Waals surface area contributed by atoms with E-state index in [9.17, 15) is 4.79 Å². The molecule has 9 heteroatoms. The maximum atomic E-state index is 13.3. The highest BCUT2D eigenvalue weighted by molar-refractivity contribution is 6.35. The van der Waals surface area contributed by atoms with E-state index in [0.29, 0.717) is 33.2 Å². The molecule has 3 aromatic carbocycles. The van der Waals surface area contributed by atoms with E-state index in [-0.39, 0.29) is 19.1 Å². The second-order valence-corrected chi connectivity index (χ2v) is 11.0. The average molecular weight is 606 g/mol. The number of amides is 1. The van der Waals surface area contributed by atoms with Gasteiger partial charge in [0.25, 0.3) is 5.91 Å². The van der Waals surface area contributed by atoms with Crippen LogP contribution in [0.5, 0.6) is 0 Å². The lowest BCUT2D eigenvalue weighted by molar-refractivity contribution is -0.683. The number of imidazole rings is 1. The fourth-order valence-electron chi connectivity index (χ4n) is 4.60. The summed E-state index contributed by atoms with van der Waals surface area (Å²) in [5.41, 5.74) is 4.74. The van der Waals surface area contributed by atoms with Crippen LogP contribution in [0.4, 0.5) is 5.69 Å². The number of benzene rings is 3. The Morgan fingerprint density at radius 3 is 2.28 bits per heavy atom. The van der Waals surface area contributed by atoms with Gasteiger partial charge in [0.05, 0.1) is 6.61 Å². The van der Waals surface area contributed by atoms with Gasteiger partial charge < -0.3 is 9.64 Å². The summed E-state index contributed by atoms with van der Waals surface area (Å²) in [6.07, 6.45) is 5.29. The minimum atomic E-state index is -0.403. The van der Waals surface area contributed by atoms with E-state index in [1.165, 1.54) is 0 Å². The Morgan fingerprint density at radius 1 is 0.974 bits per heavy atom. The number of carbonyl (C=O) groups excluding carboxylic acids is 1. The lowest BCUT2D eigenvalue weighted by Crippen LogP contribution is -2.44. The molecule has 1 amide bonds. The van der Waals surface area contributed by atoms with Crippen LogP contribution in [-0.4, -0.2) is 17.0 Å². The van der Waals surface area contributed by atoms with Crippen LogP contribution in [-0.2, 0) is 29.2 Å². The number of aromatic nitrogens is 2. The zero-order valence-corrected chi connectivity index (χ0v) is 25.0. The number of para-hydroxylation sites is 1. The molecule has 0 saturated heterocycles. The smallest absolute Gasteiger partial charge is 0.269 e. The number of aryl methyl sites for hydroxylation is 2. The van der Waals surface area contributed by atoms with Crippen LogP contribution in [0.1, 0.15) is 35.3 Å². The molecule has 0 aliphatic rings. The second kappa shape index (κ2) is 13.2. The van der Waals surface area contributed by atoms with E-state index < -0.39 is 6.10 Å². The van der Waals surface area contributed by atoms with Crippen LogP contribution >= 0.6 is 46.4 Å². The van der Waals surface area contributed by atoms with Gasteiger partial charge in [-0.15, -0.1) is 0 Å². The minimum absolute atomic E-state index is 0.0172. The number of halogens is 4. The Hall–Kier alpha value is -2.54. The maximum absolute atomic E-state index is 13.3. The summed E-state index contributed by atoms with van der Waals surface area (Å²) in [5, 5.41) is 2.15. The van der Waals surface area contributed by atoms with Gasteiger partial charge in [0, 0.05) is 37.9 Å². The van der Waals surface area contributed by atoms with E-state index in [1.807, 2.05) is 83.9 Å². The van der Waals surface area contributed by atoms with Crippen LogP contribution < -0.4 is 9.47 Å². The quantitative estimate of drug-likeness (QED) is 0.172. The van der Waals surface area contributed by atoms with E-state index >= 15 is 0 Å². The van der Waals surface area contributed by atoms with Crippen molar-refractivity contribution in [2.75, 3.05) is 11.4 Å². The molecule has 4 rings (SSSR count). The largest absolute Gasteiger partial charge is 0.365 e. The van der Waals surface area contributed by atoms with Gasteiger partial charge in [0.2, 0.25) is 6.33 Å². The van der Waals surface area contributed by atoms with Crippen molar-refractivity contribution in [1.82, 2.24) is 4.57 Å². The fourth-order valence-corrected chi connectivity index (χ4v) is 5.59. The van der Waals surface area contributed by atoms with Crippen LogP contribution in [0.25, 0.3) is 0 Å². The Kier molecular flexibility index (Phi) is 9.97. The number of likely N-dealkylation sites (N-methyl/N-ethyl adjacent to an activating group) is 1. The summed E-state index contributed by atoms with van der Waals surface area (Å²) < 4.78 is 10.2. The lowest BCUT2D eigenvalue weighted by atomic mass is 10.1. The molecule has 39 heavy (non-hydrogen) atoms. The second-order valence-electron chi connectivity index (χ2n) is 9.36. The SMILES string of the molecule is CCN(C(=O)C[n+]1ccn(CC(OCc2ccc(Cl)cc2Cl)c2ccc(Cl)cc2Cl)c1)c1c(C)cccc1C. The number of ether oxygens (including phenoxy) is 1. The standard InChI is InChI=1S/C30H30Cl4N3O2/c1-4-37(30-20(2)6-5-7-21(30)3)29(38)17-36-13-12-35(19-36)16-28(25-11-10-24(32)15-27(25)34)39-18-22-8-9-23(31)14-26(22)33/h5-15,19,28H,4,16-18H2,1-3H3/q+1. The van der Waals surface area contributed by atoms with E-state index in [2.05, 4.69) is 0 Å². The highest BCUT2D eigenvalue weighted by Crippen LogP contribution is 2.31. The first-order valence-corrected chi connectivity index (χ1v) is 14.1. The number of hydrogen-bond acceptors (Lipinski definition) is 2. The van der Waals surface area contributed by atoms with Gasteiger partial charge in [0.15, 0.2) is 6.54 Å². The van der Waals surface area contributed by atoms with E-state index in [0.717, 1.165) is 27.9 Å². The van der Waals surface area contributed by atoms with Crippen molar-refractivity contribution in [2.24, 2.45) is 0 Å². The molecule has 0 bridgehead atoms. The van der Waals surface area contributed by atoms with Crippen LogP contribution in [0.15, 0.2) is 73.3 Å². The molecule has 0 fully saturated rings. The summed E-state index contributed by atoms with van der Waals surface area (Å²) in [7, 11) is 0. The third-order valence-electron chi connectivity index (χ3n) is 6.53. The highest BCUT2D eigenvalue weighted by atomic mass is 35.5. The topological polar surface area (TPSA) is 38.4 Å². The number of rotatable bonds is 10. The molecule has 0 radical (unpaired) electrons. The molecule has 204 valence electrons. The van der Waals surface area contributed by atoms with Crippen molar-refractivity contribution < 1.29 is 14.1 Å². The summed E-state index contributed by atoms with van der Waals surface area (Å²) in [6, 6.07) is 16.7. The summed E-state index contributed by atoms with van der Waals surface area (Å²) in [6.45, 7) is 7.57. The molecule has 0 saturated carbocycles. The zero-order chi connectivity index (χ0) is 28.1. The van der Waals surface area contributed by atoms with Gasteiger partial charge >= 0.3 is 0 Å². The molecule has 1 atom stereocenters. The van der Waals surface area contributed by atoms with Gasteiger partial charge in [-0.25, -0.2) is 9.13 Å². The van der Waals surface area contributed by atoms with Gasteiger partial charge in [-0.1, -0.05) is 76.7 Å². The molecule has 1 heterocycles. The molecule has 0 N–H and O–H groups in total. The highest BCUT2D eigenvalue weighted by Gasteiger charge is 2.23. The van der Waals surface area contributed by atoms with Crippen molar-refractivity contribution in [2.45, 2.75) is 46.6 Å². The van der Waals surface area contributed by atoms with Crippen molar-refractivity contribution in [3.05, 3.63) is 116 Å². The molecule has 0 aliphatic carbocycles. The first kappa shape index (κ1) is 29.4. The average Bonchev–Trinajstić information content (AvgIpc) is 3.31.